The van der Waals surface area contributed by atoms with Gasteiger partial charge in [-0.3, -0.25) is 28.9 Å². The van der Waals surface area contributed by atoms with Gasteiger partial charge in [-0.15, -0.1) is 16.4 Å². The average Bonchev–Trinajstić information content (AvgIpc) is 1.97. The summed E-state index contributed by atoms with van der Waals surface area (Å²) in [7, 11) is 5.75. The second-order valence-corrected chi connectivity index (χ2v) is 25.8. The molecule has 4 heterocycles. The smallest absolute Gasteiger partial charge is 0.410 e. The van der Waals surface area contributed by atoms with Crippen molar-refractivity contribution in [1.82, 2.24) is 45.9 Å². The Bertz CT molecular complexity index is 3730. The predicted molar refractivity (Wildman–Crippen MR) is 360 cm³/mol. The van der Waals surface area contributed by atoms with E-state index in [-0.39, 0.29) is 82.7 Å². The number of aryl methyl sites for hydroxylation is 3. The number of aromatic carboxylic acids is 1. The third kappa shape index (κ3) is 24.1. The van der Waals surface area contributed by atoms with Crippen LogP contribution in [0.15, 0.2) is 84.9 Å². The molecule has 3 aromatic heterocycles. The summed E-state index contributed by atoms with van der Waals surface area (Å²) >= 11 is 2.87. The number of urea groups is 1. The molecule has 9 N–H and O–H groups in total. The van der Waals surface area contributed by atoms with Gasteiger partial charge in [0.05, 0.1) is 81.0 Å². The molecular weight excluding hydrogens is 1280 g/mol. The van der Waals surface area contributed by atoms with Crippen LogP contribution >= 0.6 is 22.7 Å². The Kier molecular flexibility index (Phi) is 28.5. The standard InChI is InChI=1S/C67H82FN13O13S2/c1-6-34-81(4,5)41-48(82)15-9-14-46(52-38-43(2)62(78-77-52)76-66-74-50-16-7-8-18-54(50)96-66)23-27-58-75-61(64(88)89)55(95-58)19-12-35-93-53-26-22-44(39-49(53)68)13-11-32-79(3)67(91)94-42-45-20-24-47(25-21-45)72-63(87)51(17-10-31-70-65(69)90)73-57(84)40-71-56(83)30-36-92-37-33-80-59(85)28-29-60(80)86/h7-8,16,18,20-22,24-26,28-29,38-39,46,48,51,82H,6,9-10,12,14-15,17,19,23,27,30-37,40-42H2,1-5H3,(H7-,69,70,71,72,73,74,76,78,83,84,87,88,89,90)/p+1/t46?,48?,51-/m0/s1. The van der Waals surface area contributed by atoms with Gasteiger partial charge in [0.15, 0.2) is 28.2 Å². The second-order valence-electron chi connectivity index (χ2n) is 23.6. The van der Waals surface area contributed by atoms with Crippen LogP contribution in [0.4, 0.5) is 30.6 Å². The van der Waals surface area contributed by atoms with Crippen molar-refractivity contribution in [3.05, 3.63) is 129 Å². The number of hydrogen-bond donors (Lipinski definition) is 8. The van der Waals surface area contributed by atoms with Gasteiger partial charge < -0.3 is 66.1 Å². The first kappa shape index (κ1) is 73.9. The minimum atomic E-state index is -1.14. The minimum absolute atomic E-state index is 0.00803. The van der Waals surface area contributed by atoms with Crippen molar-refractivity contribution in [3.8, 4) is 17.6 Å². The number of nitrogens with one attached hydrogen (secondary N) is 5. The number of rotatable bonds is 38. The third-order valence-electron chi connectivity index (χ3n) is 15.3. The molecule has 0 aliphatic carbocycles. The summed E-state index contributed by atoms with van der Waals surface area (Å²) in [6, 6.07) is 18.7. The van der Waals surface area contributed by atoms with Crippen LogP contribution in [0.25, 0.3) is 10.2 Å². The molecule has 512 valence electrons. The highest BCUT2D eigenvalue weighted by Gasteiger charge is 2.26. The maximum absolute atomic E-state index is 15.3. The quantitative estimate of drug-likeness (QED) is 0.00827. The summed E-state index contributed by atoms with van der Waals surface area (Å²) in [6.45, 7) is 5.33. The topological polar surface area (TPSA) is 349 Å². The molecule has 8 amide bonds. The maximum Gasteiger partial charge on any atom is 0.410 e. The minimum Gasteiger partial charge on any atom is -0.491 e. The molecule has 29 heteroatoms. The number of nitrogens with zero attached hydrogens (tertiary/aromatic N) is 7. The molecule has 1 aliphatic rings. The van der Waals surface area contributed by atoms with Crippen molar-refractivity contribution in [1.29, 1.82) is 0 Å². The number of aliphatic hydroxyl groups is 1. The van der Waals surface area contributed by atoms with Crippen molar-refractivity contribution < 1.29 is 71.7 Å². The maximum atomic E-state index is 15.3. The Hall–Kier alpha value is -9.47. The van der Waals surface area contributed by atoms with Crippen LogP contribution in [0.1, 0.15) is 113 Å². The zero-order valence-corrected chi connectivity index (χ0v) is 56.1. The highest BCUT2D eigenvalue weighted by molar-refractivity contribution is 7.22. The van der Waals surface area contributed by atoms with E-state index in [1.807, 2.05) is 37.3 Å². The number of aromatic nitrogens is 4. The zero-order chi connectivity index (χ0) is 69.2. The largest absolute Gasteiger partial charge is 0.491 e. The number of carbonyl (C=O) groups excluding carboxylic acids is 7. The van der Waals surface area contributed by atoms with Crippen LogP contribution in [0.5, 0.6) is 5.75 Å². The summed E-state index contributed by atoms with van der Waals surface area (Å²) in [5.41, 5.74) is 9.00. The molecule has 0 spiro atoms. The third-order valence-corrected chi connectivity index (χ3v) is 17.4. The van der Waals surface area contributed by atoms with Crippen molar-refractivity contribution >= 4 is 97.2 Å². The fraction of sp³-hybridized carbons (Fsp3) is 0.433. The number of aliphatic hydroxyl groups excluding tert-OH is 1. The lowest BCUT2D eigenvalue weighted by Gasteiger charge is -2.31. The lowest BCUT2D eigenvalue weighted by Crippen LogP contribution is -2.47. The van der Waals surface area contributed by atoms with E-state index in [1.54, 1.807) is 30.3 Å². The predicted octanol–water partition coefficient (Wildman–Crippen LogP) is 7.12. The Labute approximate surface area is 564 Å². The van der Waals surface area contributed by atoms with Crippen LogP contribution in [-0.4, -0.2) is 185 Å². The number of primary amides is 1. The zero-order valence-electron chi connectivity index (χ0n) is 54.5. The molecule has 0 bridgehead atoms. The molecular formula is C67H83FN13O13S2+. The van der Waals surface area contributed by atoms with E-state index in [4.69, 9.17) is 19.9 Å². The first-order valence-electron chi connectivity index (χ1n) is 31.6. The number of thiazole rings is 2. The number of likely N-dealkylation sites (N-methyl/N-ethyl adjacent to an activating group) is 1. The van der Waals surface area contributed by atoms with Crippen LogP contribution in [-0.2, 0) is 52.9 Å². The number of anilines is 3. The van der Waals surface area contributed by atoms with E-state index in [0.29, 0.717) is 76.3 Å². The number of fused-ring (bicyclic) bond motifs is 1. The SMILES string of the molecule is CCC[N+](C)(C)CC(O)CCCC(CCc1nc(C(=O)O)c(CCCOc2ccc(C#CCN(C)C(=O)OCc3ccc(NC(=O)[C@H](CCCNC(N)=O)NC(=O)CNC(=O)CCOCCN4C(=O)C=CC4=O)cc3)cc2F)s1)c1cc(C)c(Nc2nc3ccccc3s2)nn1. The summed E-state index contributed by atoms with van der Waals surface area (Å²) < 4.78 is 33.7. The van der Waals surface area contributed by atoms with Gasteiger partial charge in [0, 0.05) is 54.2 Å². The van der Waals surface area contributed by atoms with E-state index < -0.39 is 72.1 Å². The van der Waals surface area contributed by atoms with Gasteiger partial charge in [0.25, 0.3) is 11.8 Å². The van der Waals surface area contributed by atoms with E-state index in [2.05, 4.69) is 79.6 Å². The van der Waals surface area contributed by atoms with E-state index >= 15 is 4.39 Å². The lowest BCUT2D eigenvalue weighted by atomic mass is 9.92. The number of benzene rings is 3. The molecule has 0 fully saturated rings. The van der Waals surface area contributed by atoms with Crippen molar-refractivity contribution in [2.24, 2.45) is 5.73 Å². The number of carbonyl (C=O) groups is 8. The Morgan fingerprint density at radius 3 is 2.35 bits per heavy atom. The fourth-order valence-electron chi connectivity index (χ4n) is 10.4. The number of carboxylic acid groups (broad SMARTS) is 1. The molecule has 3 atom stereocenters. The highest BCUT2D eigenvalue weighted by Crippen LogP contribution is 2.33. The molecule has 7 rings (SSSR count). The van der Waals surface area contributed by atoms with Crippen LogP contribution in [0, 0.1) is 24.6 Å². The number of ether oxygens (including phenoxy) is 3. The Morgan fingerprint density at radius 2 is 1.64 bits per heavy atom. The van der Waals surface area contributed by atoms with Gasteiger partial charge in [0.1, 0.15) is 25.3 Å². The lowest BCUT2D eigenvalue weighted by molar-refractivity contribution is -0.893. The van der Waals surface area contributed by atoms with E-state index in [0.717, 1.165) is 68.8 Å². The average molecular weight is 1360 g/mol. The van der Waals surface area contributed by atoms with Crippen LogP contribution in [0.3, 0.4) is 0 Å². The molecule has 96 heavy (non-hydrogen) atoms. The first-order valence-corrected chi connectivity index (χ1v) is 33.2. The summed E-state index contributed by atoms with van der Waals surface area (Å²) in [4.78, 5) is 110. The van der Waals surface area contributed by atoms with Gasteiger partial charge in [-0.1, -0.05) is 54.4 Å². The van der Waals surface area contributed by atoms with Gasteiger partial charge in [0.2, 0.25) is 17.7 Å². The molecule has 26 nitrogen and oxygen atoms in total. The van der Waals surface area contributed by atoms with Crippen LogP contribution < -0.4 is 37.1 Å². The summed E-state index contributed by atoms with van der Waals surface area (Å²) in [5, 5.41) is 45.4. The molecule has 2 unspecified atom stereocenters. The molecule has 0 saturated heterocycles. The number of quaternary nitrogens is 1. The molecule has 0 saturated carbocycles. The van der Waals surface area contributed by atoms with Crippen molar-refractivity contribution in [2.45, 2.75) is 109 Å². The molecule has 6 aromatic rings. The number of carboxylic acids is 1. The number of nitrogens with two attached hydrogens (primary N) is 1. The van der Waals surface area contributed by atoms with Crippen molar-refractivity contribution in [2.75, 3.05) is 90.9 Å². The Morgan fingerprint density at radius 1 is 0.865 bits per heavy atom. The molecule has 0 radical (unpaired) electrons. The van der Waals surface area contributed by atoms with Crippen molar-refractivity contribution in [3.63, 3.8) is 0 Å². The van der Waals surface area contributed by atoms with Crippen LogP contribution in [0.2, 0.25) is 0 Å². The number of amides is 8. The van der Waals surface area contributed by atoms with E-state index in [1.165, 1.54) is 46.8 Å². The molecule has 3 aromatic carbocycles. The monoisotopic (exact) mass is 1360 g/mol. The number of imide groups is 1. The van der Waals surface area contributed by atoms with Gasteiger partial charge in [-0.25, -0.2) is 28.7 Å². The first-order chi connectivity index (χ1) is 46.0. The number of hydrogen-bond acceptors (Lipinski definition) is 19. The van der Waals surface area contributed by atoms with Gasteiger partial charge >= 0.3 is 18.1 Å². The number of halogens is 1. The summed E-state index contributed by atoms with van der Waals surface area (Å²) in [6.07, 6.45) is 6.38. The van der Waals surface area contributed by atoms with Gasteiger partial charge in [-0.2, -0.15) is 5.10 Å². The Balaban J connectivity index is 0.833. The highest BCUT2D eigenvalue weighted by atomic mass is 32.1. The normalized spacial score (nSPS) is 12.9. The fourth-order valence-corrected chi connectivity index (χ4v) is 12.4. The second kappa shape index (κ2) is 37.0. The number of para-hydroxylation sites is 1. The van der Waals surface area contributed by atoms with E-state index in [9.17, 15) is 48.6 Å². The van der Waals surface area contributed by atoms with Gasteiger partial charge in [-0.05, 0) is 131 Å². The summed E-state index contributed by atoms with van der Waals surface area (Å²) in [5.74, 6) is 1.77. The molecule has 1 aliphatic heterocycles.